The van der Waals surface area contributed by atoms with Crippen LogP contribution in [0.4, 0.5) is 10.1 Å². The van der Waals surface area contributed by atoms with E-state index in [2.05, 4.69) is 0 Å². The Hall–Kier alpha value is -3.82. The molecule has 32 heavy (non-hydrogen) atoms. The zero-order valence-electron chi connectivity index (χ0n) is 16.5. The van der Waals surface area contributed by atoms with E-state index in [4.69, 9.17) is 5.14 Å². The highest BCUT2D eigenvalue weighted by Gasteiger charge is 2.47. The molecule has 1 fully saturated rings. The monoisotopic (exact) mass is 452 g/mol. The van der Waals surface area contributed by atoms with E-state index in [9.17, 15) is 27.5 Å². The number of aliphatic hydroxyl groups is 1. The maximum atomic E-state index is 13.5. The van der Waals surface area contributed by atoms with Gasteiger partial charge in [0.05, 0.1) is 16.5 Å². The van der Waals surface area contributed by atoms with Gasteiger partial charge < -0.3 is 5.11 Å². The number of primary sulfonamides is 1. The van der Waals surface area contributed by atoms with Gasteiger partial charge in [0.15, 0.2) is 0 Å². The summed E-state index contributed by atoms with van der Waals surface area (Å²) in [5.74, 6) is -2.72. The normalized spacial score (nSPS) is 18.2. The fraction of sp³-hybridized carbons (Fsp3) is 0.0435. The Bertz CT molecular complexity index is 1340. The molecule has 1 saturated heterocycles. The third kappa shape index (κ3) is 3.79. The standard InChI is InChI=1S/C23H17FN2O5S/c24-16-8-6-14(7-9-16)20-19(21(27)15-4-2-1-3-5-15)22(28)23(29)26(20)17-10-12-18(13-11-17)32(25,30)31/h1-13,20,27H,(H2,25,30,31)/t20-/m0/s1. The van der Waals surface area contributed by atoms with Crippen LogP contribution in [0.3, 0.4) is 0 Å². The number of carbonyl (C=O) groups excluding carboxylic acids is 2. The highest BCUT2D eigenvalue weighted by atomic mass is 32.2. The number of aliphatic hydroxyl groups excluding tert-OH is 1. The molecule has 9 heteroatoms. The number of halogens is 1. The van der Waals surface area contributed by atoms with E-state index in [1.165, 1.54) is 48.5 Å². The molecule has 162 valence electrons. The lowest BCUT2D eigenvalue weighted by Gasteiger charge is -2.25. The molecule has 1 atom stereocenters. The molecule has 1 aliphatic rings. The first-order valence-electron chi connectivity index (χ1n) is 9.43. The van der Waals surface area contributed by atoms with Gasteiger partial charge in [-0.15, -0.1) is 0 Å². The highest BCUT2D eigenvalue weighted by Crippen LogP contribution is 2.42. The van der Waals surface area contributed by atoms with Gasteiger partial charge >= 0.3 is 0 Å². The van der Waals surface area contributed by atoms with E-state index in [0.29, 0.717) is 11.1 Å². The minimum atomic E-state index is -3.96. The number of hydrogen-bond donors (Lipinski definition) is 2. The van der Waals surface area contributed by atoms with Crippen LogP contribution in [0.1, 0.15) is 17.2 Å². The summed E-state index contributed by atoms with van der Waals surface area (Å²) in [7, 11) is -3.96. The number of sulfonamides is 1. The number of Topliss-reactive ketones (excluding diaryl/α,β-unsaturated/α-hetero) is 1. The van der Waals surface area contributed by atoms with Crippen molar-refractivity contribution in [2.24, 2.45) is 5.14 Å². The second-order valence-corrected chi connectivity index (χ2v) is 8.69. The molecule has 4 rings (SSSR count). The van der Waals surface area contributed by atoms with Crippen molar-refractivity contribution in [2.45, 2.75) is 10.9 Å². The Labute approximate surface area is 183 Å². The molecule has 0 saturated carbocycles. The number of hydrogen-bond acceptors (Lipinski definition) is 5. The van der Waals surface area contributed by atoms with Crippen LogP contribution in [-0.4, -0.2) is 25.2 Å². The van der Waals surface area contributed by atoms with Crippen LogP contribution in [-0.2, 0) is 19.6 Å². The predicted octanol–water partition coefficient (Wildman–Crippen LogP) is 3.10. The molecule has 0 radical (unpaired) electrons. The van der Waals surface area contributed by atoms with Crippen molar-refractivity contribution in [3.8, 4) is 0 Å². The molecule has 3 aromatic rings. The van der Waals surface area contributed by atoms with Crippen molar-refractivity contribution in [1.29, 1.82) is 0 Å². The summed E-state index contributed by atoms with van der Waals surface area (Å²) in [4.78, 5) is 26.9. The van der Waals surface area contributed by atoms with Crippen molar-refractivity contribution < 1.29 is 27.5 Å². The second-order valence-electron chi connectivity index (χ2n) is 7.13. The largest absolute Gasteiger partial charge is 0.507 e. The van der Waals surface area contributed by atoms with Gasteiger partial charge in [0.2, 0.25) is 10.0 Å². The molecule has 1 heterocycles. The zero-order chi connectivity index (χ0) is 23.0. The number of rotatable bonds is 4. The lowest BCUT2D eigenvalue weighted by atomic mass is 9.95. The number of ketones is 1. The predicted molar refractivity (Wildman–Crippen MR) is 115 cm³/mol. The van der Waals surface area contributed by atoms with E-state index in [0.717, 1.165) is 4.90 Å². The molecule has 7 nitrogen and oxygen atoms in total. The first kappa shape index (κ1) is 21.4. The summed E-state index contributed by atoms with van der Waals surface area (Å²) in [6.07, 6.45) is 0. The first-order valence-corrected chi connectivity index (χ1v) is 11.0. The van der Waals surface area contributed by atoms with Crippen LogP contribution in [0.2, 0.25) is 0 Å². The summed E-state index contributed by atoms with van der Waals surface area (Å²) in [5, 5.41) is 16.1. The summed E-state index contributed by atoms with van der Waals surface area (Å²) in [6, 6.07) is 17.5. The van der Waals surface area contributed by atoms with Crippen LogP contribution >= 0.6 is 0 Å². The Balaban J connectivity index is 1.92. The van der Waals surface area contributed by atoms with E-state index >= 15 is 0 Å². The topological polar surface area (TPSA) is 118 Å². The fourth-order valence-corrected chi connectivity index (χ4v) is 4.12. The average molecular weight is 452 g/mol. The SMILES string of the molecule is NS(=O)(=O)c1ccc(N2C(=O)C(=O)C(=C(O)c3ccccc3)[C@@H]2c2ccc(F)cc2)cc1. The molecule has 0 aliphatic carbocycles. The Morgan fingerprint density at radius 2 is 1.50 bits per heavy atom. The van der Waals surface area contributed by atoms with Crippen molar-refractivity contribution in [3.05, 3.63) is 101 Å². The maximum Gasteiger partial charge on any atom is 0.300 e. The van der Waals surface area contributed by atoms with Gasteiger partial charge in [-0.25, -0.2) is 17.9 Å². The average Bonchev–Trinajstić information content (AvgIpc) is 3.04. The minimum absolute atomic E-state index is 0.164. The number of amides is 1. The lowest BCUT2D eigenvalue weighted by molar-refractivity contribution is -0.132. The van der Waals surface area contributed by atoms with Gasteiger partial charge in [0.25, 0.3) is 11.7 Å². The molecule has 0 bridgehead atoms. The summed E-state index contributed by atoms with van der Waals surface area (Å²) in [6.45, 7) is 0. The molecule has 0 spiro atoms. The maximum absolute atomic E-state index is 13.5. The van der Waals surface area contributed by atoms with Crippen molar-refractivity contribution in [2.75, 3.05) is 4.90 Å². The molecule has 0 unspecified atom stereocenters. The number of benzene rings is 3. The molecular formula is C23H17FN2O5S. The van der Waals surface area contributed by atoms with Crippen molar-refractivity contribution >= 4 is 33.2 Å². The van der Waals surface area contributed by atoms with Crippen molar-refractivity contribution in [3.63, 3.8) is 0 Å². The zero-order valence-corrected chi connectivity index (χ0v) is 17.3. The van der Waals surface area contributed by atoms with E-state index < -0.39 is 33.6 Å². The molecule has 1 aliphatic heterocycles. The van der Waals surface area contributed by atoms with Gasteiger partial charge in [-0.3, -0.25) is 14.5 Å². The van der Waals surface area contributed by atoms with Crippen LogP contribution in [0.25, 0.3) is 5.76 Å². The van der Waals surface area contributed by atoms with Crippen LogP contribution in [0.5, 0.6) is 0 Å². The smallest absolute Gasteiger partial charge is 0.300 e. The van der Waals surface area contributed by atoms with E-state index in [1.807, 2.05) is 0 Å². The number of nitrogens with two attached hydrogens (primary N) is 1. The number of carbonyl (C=O) groups is 2. The van der Waals surface area contributed by atoms with Crippen LogP contribution in [0, 0.1) is 5.82 Å². The third-order valence-electron chi connectivity index (χ3n) is 5.12. The summed E-state index contributed by atoms with van der Waals surface area (Å²) < 4.78 is 36.7. The Morgan fingerprint density at radius 3 is 2.06 bits per heavy atom. The van der Waals surface area contributed by atoms with Gasteiger partial charge in [0.1, 0.15) is 11.6 Å². The number of nitrogens with zero attached hydrogens (tertiary/aromatic N) is 1. The lowest BCUT2D eigenvalue weighted by Crippen LogP contribution is -2.29. The van der Waals surface area contributed by atoms with Crippen molar-refractivity contribution in [1.82, 2.24) is 0 Å². The van der Waals surface area contributed by atoms with Gasteiger partial charge in [0, 0.05) is 11.3 Å². The van der Waals surface area contributed by atoms with Crippen LogP contribution < -0.4 is 10.0 Å². The Kier molecular flexibility index (Phi) is 5.37. The van der Waals surface area contributed by atoms with Gasteiger partial charge in [-0.05, 0) is 42.0 Å². The molecule has 3 aromatic carbocycles. The van der Waals surface area contributed by atoms with Gasteiger partial charge in [-0.1, -0.05) is 42.5 Å². The molecular weight excluding hydrogens is 435 g/mol. The van der Waals surface area contributed by atoms with E-state index in [-0.39, 0.29) is 21.9 Å². The Morgan fingerprint density at radius 1 is 0.906 bits per heavy atom. The summed E-state index contributed by atoms with van der Waals surface area (Å²) >= 11 is 0. The quantitative estimate of drug-likeness (QED) is 0.358. The second kappa shape index (κ2) is 8.03. The first-order chi connectivity index (χ1) is 15.2. The van der Waals surface area contributed by atoms with Gasteiger partial charge in [-0.2, -0.15) is 0 Å². The minimum Gasteiger partial charge on any atom is -0.507 e. The number of anilines is 1. The third-order valence-corrected chi connectivity index (χ3v) is 6.05. The van der Waals surface area contributed by atoms with E-state index in [1.54, 1.807) is 30.3 Å². The van der Waals surface area contributed by atoms with Crippen LogP contribution in [0.15, 0.2) is 89.3 Å². The summed E-state index contributed by atoms with van der Waals surface area (Å²) in [5.41, 5.74) is 0.769. The molecule has 0 aromatic heterocycles. The highest BCUT2D eigenvalue weighted by molar-refractivity contribution is 7.89. The molecule has 3 N–H and O–H groups in total. The molecule has 1 amide bonds. The fourth-order valence-electron chi connectivity index (χ4n) is 3.61.